The molecule has 0 saturated carbocycles. The van der Waals surface area contributed by atoms with E-state index in [2.05, 4.69) is 25.5 Å². The number of para-hydroxylation sites is 1. The van der Waals surface area contributed by atoms with E-state index in [1.54, 1.807) is 18.5 Å². The Morgan fingerprint density at radius 1 is 1.31 bits per heavy atom. The smallest absolute Gasteiger partial charge is 0.348 e. The van der Waals surface area contributed by atoms with Crippen molar-refractivity contribution in [3.8, 4) is 5.69 Å². The number of thioether (sulfide) groups is 1. The van der Waals surface area contributed by atoms with Gasteiger partial charge < -0.3 is 9.72 Å². The van der Waals surface area contributed by atoms with E-state index in [-0.39, 0.29) is 12.2 Å². The molecule has 0 unspecified atom stereocenters. The van der Waals surface area contributed by atoms with Crippen LogP contribution in [0.2, 0.25) is 0 Å². The van der Waals surface area contributed by atoms with Gasteiger partial charge in [0, 0.05) is 0 Å². The Balaban J connectivity index is 1.61. The Kier molecular flexibility index (Phi) is 5.41. The summed E-state index contributed by atoms with van der Waals surface area (Å²) >= 11 is 2.51. The zero-order valence-corrected chi connectivity index (χ0v) is 17.2. The molecule has 0 saturated heterocycles. The Morgan fingerprint density at radius 2 is 2.10 bits per heavy atom. The number of tetrazole rings is 1. The van der Waals surface area contributed by atoms with Crippen molar-refractivity contribution in [2.75, 3.05) is 6.61 Å². The summed E-state index contributed by atoms with van der Waals surface area (Å²) in [6.45, 7) is 3.74. The monoisotopic (exact) mass is 428 g/mol. The topological polar surface area (TPSA) is 116 Å². The van der Waals surface area contributed by atoms with Gasteiger partial charge >= 0.3 is 5.97 Å². The minimum atomic E-state index is -0.439. The van der Waals surface area contributed by atoms with Crippen molar-refractivity contribution in [2.24, 2.45) is 0 Å². The molecule has 1 aromatic carbocycles. The molecule has 4 aromatic rings. The molecule has 3 heterocycles. The fourth-order valence-electron chi connectivity index (χ4n) is 2.78. The summed E-state index contributed by atoms with van der Waals surface area (Å²) in [7, 11) is 0. The molecule has 29 heavy (non-hydrogen) atoms. The first-order valence-corrected chi connectivity index (χ1v) is 10.5. The van der Waals surface area contributed by atoms with Crippen molar-refractivity contribution < 1.29 is 9.53 Å². The van der Waals surface area contributed by atoms with Gasteiger partial charge in [0.2, 0.25) is 5.16 Å². The molecule has 1 N–H and O–H groups in total. The number of fused-ring (bicyclic) bond motifs is 1. The van der Waals surface area contributed by atoms with Crippen LogP contribution in [0.1, 0.15) is 28.0 Å². The number of carbonyl (C=O) groups excluding carboxylic acids is 1. The number of esters is 1. The third kappa shape index (κ3) is 3.78. The molecule has 0 atom stereocenters. The average Bonchev–Trinajstić information content (AvgIpc) is 3.32. The minimum absolute atomic E-state index is 0.272. The highest BCUT2D eigenvalue weighted by Crippen LogP contribution is 2.28. The summed E-state index contributed by atoms with van der Waals surface area (Å²) in [5.74, 6) is 0.404. The van der Waals surface area contributed by atoms with Gasteiger partial charge in [-0.15, -0.1) is 16.4 Å². The van der Waals surface area contributed by atoms with Crippen LogP contribution >= 0.6 is 23.1 Å². The number of carbonyl (C=O) groups is 1. The highest BCUT2D eigenvalue weighted by atomic mass is 32.2. The van der Waals surface area contributed by atoms with E-state index < -0.39 is 5.97 Å². The minimum Gasteiger partial charge on any atom is -0.462 e. The van der Waals surface area contributed by atoms with Gasteiger partial charge in [0.15, 0.2) is 0 Å². The van der Waals surface area contributed by atoms with Crippen molar-refractivity contribution in [3.63, 3.8) is 0 Å². The van der Waals surface area contributed by atoms with Crippen molar-refractivity contribution >= 4 is 39.3 Å². The number of aryl methyl sites for hydroxylation is 1. The highest BCUT2D eigenvalue weighted by molar-refractivity contribution is 7.98. The van der Waals surface area contributed by atoms with E-state index in [1.807, 2.05) is 30.3 Å². The van der Waals surface area contributed by atoms with Crippen LogP contribution in [0, 0.1) is 6.92 Å². The molecule has 0 aliphatic heterocycles. The number of nitrogens with one attached hydrogen (secondary N) is 1. The predicted molar refractivity (Wildman–Crippen MR) is 110 cm³/mol. The quantitative estimate of drug-likeness (QED) is 0.368. The molecule has 0 spiro atoms. The number of hydrogen-bond acceptors (Lipinski definition) is 9. The third-order valence-electron chi connectivity index (χ3n) is 4.09. The van der Waals surface area contributed by atoms with E-state index in [4.69, 9.17) is 4.74 Å². The summed E-state index contributed by atoms with van der Waals surface area (Å²) < 4.78 is 6.68. The van der Waals surface area contributed by atoms with Gasteiger partial charge in [-0.2, -0.15) is 4.68 Å². The molecular weight excluding hydrogens is 412 g/mol. The first-order chi connectivity index (χ1) is 14.1. The Hall–Kier alpha value is -3.05. The zero-order chi connectivity index (χ0) is 20.4. The largest absolute Gasteiger partial charge is 0.462 e. The number of ether oxygens (including phenoxy) is 1. The zero-order valence-electron chi connectivity index (χ0n) is 15.6. The number of thiophene rings is 1. The van der Waals surface area contributed by atoms with Gasteiger partial charge in [-0.1, -0.05) is 30.0 Å². The predicted octanol–water partition coefficient (Wildman–Crippen LogP) is 2.74. The van der Waals surface area contributed by atoms with E-state index in [9.17, 15) is 9.59 Å². The molecule has 0 aliphatic carbocycles. The molecule has 0 aliphatic rings. The second-order valence-electron chi connectivity index (χ2n) is 5.97. The molecule has 3 aromatic heterocycles. The molecule has 0 radical (unpaired) electrons. The van der Waals surface area contributed by atoms with Gasteiger partial charge in [-0.05, 0) is 42.0 Å². The summed E-state index contributed by atoms with van der Waals surface area (Å²) in [6.07, 6.45) is 0. The summed E-state index contributed by atoms with van der Waals surface area (Å²) in [4.78, 5) is 32.9. The van der Waals surface area contributed by atoms with Gasteiger partial charge in [0.05, 0.1) is 23.4 Å². The van der Waals surface area contributed by atoms with Crippen LogP contribution in [0.4, 0.5) is 0 Å². The number of aromatic nitrogens is 6. The normalized spacial score (nSPS) is 11.1. The molecule has 0 amide bonds. The van der Waals surface area contributed by atoms with Crippen LogP contribution in [-0.4, -0.2) is 42.8 Å². The second kappa shape index (κ2) is 8.13. The lowest BCUT2D eigenvalue weighted by atomic mass is 10.2. The van der Waals surface area contributed by atoms with E-state index in [1.165, 1.54) is 11.8 Å². The van der Waals surface area contributed by atoms with Crippen LogP contribution < -0.4 is 5.56 Å². The van der Waals surface area contributed by atoms with Crippen LogP contribution in [0.15, 0.2) is 40.3 Å². The second-order valence-corrected chi connectivity index (χ2v) is 7.91. The number of aromatic amines is 1. The lowest BCUT2D eigenvalue weighted by Gasteiger charge is -2.04. The number of H-pyrrole nitrogens is 1. The molecule has 148 valence electrons. The lowest BCUT2D eigenvalue weighted by Crippen LogP contribution is -2.11. The molecular formula is C18H16N6O3S2. The van der Waals surface area contributed by atoms with Crippen molar-refractivity contribution in [3.05, 3.63) is 57.0 Å². The molecule has 0 bridgehead atoms. The number of benzene rings is 1. The van der Waals surface area contributed by atoms with E-state index >= 15 is 0 Å². The molecule has 9 nitrogen and oxygen atoms in total. The van der Waals surface area contributed by atoms with Crippen LogP contribution in [0.3, 0.4) is 0 Å². The van der Waals surface area contributed by atoms with E-state index in [0.717, 1.165) is 17.0 Å². The summed E-state index contributed by atoms with van der Waals surface area (Å²) in [5.41, 5.74) is 1.15. The molecule has 11 heteroatoms. The molecule has 0 fully saturated rings. The Labute approximate surface area is 173 Å². The van der Waals surface area contributed by atoms with Gasteiger partial charge in [0.1, 0.15) is 15.5 Å². The van der Waals surface area contributed by atoms with Gasteiger partial charge in [0.25, 0.3) is 5.56 Å². The first-order valence-electron chi connectivity index (χ1n) is 8.74. The molecule has 4 rings (SSSR count). The number of nitrogens with zero attached hydrogens (tertiary/aromatic N) is 5. The van der Waals surface area contributed by atoms with Crippen LogP contribution in [0.25, 0.3) is 15.9 Å². The number of rotatable bonds is 6. The summed E-state index contributed by atoms with van der Waals surface area (Å²) in [6, 6.07) is 9.52. The maximum absolute atomic E-state index is 12.6. The highest BCUT2D eigenvalue weighted by Gasteiger charge is 2.20. The van der Waals surface area contributed by atoms with Gasteiger partial charge in [-0.25, -0.2) is 9.78 Å². The Bertz CT molecular complexity index is 1230. The fraction of sp³-hybridized carbons (Fsp3) is 0.222. The van der Waals surface area contributed by atoms with E-state index in [0.29, 0.717) is 37.4 Å². The van der Waals surface area contributed by atoms with Crippen molar-refractivity contribution in [1.29, 1.82) is 0 Å². The van der Waals surface area contributed by atoms with Crippen LogP contribution in [0.5, 0.6) is 0 Å². The van der Waals surface area contributed by atoms with Crippen molar-refractivity contribution in [2.45, 2.75) is 24.8 Å². The lowest BCUT2D eigenvalue weighted by molar-refractivity contribution is 0.0531. The maximum Gasteiger partial charge on any atom is 0.348 e. The maximum atomic E-state index is 12.6. The number of hydrogen-bond donors (Lipinski definition) is 1. The standard InChI is InChI=1S/C18H16N6O3S2/c1-3-27-17(26)14-10(2)13-15(25)19-12(20-16(13)29-14)9-28-18-21-22-23-24(18)11-7-5-4-6-8-11/h4-8H,3,9H2,1-2H3,(H,19,20,25). The van der Waals surface area contributed by atoms with Gasteiger partial charge in [-0.3, -0.25) is 4.79 Å². The summed E-state index contributed by atoms with van der Waals surface area (Å²) in [5, 5.41) is 12.8. The Morgan fingerprint density at radius 3 is 2.86 bits per heavy atom. The van der Waals surface area contributed by atoms with Crippen LogP contribution in [-0.2, 0) is 10.5 Å². The average molecular weight is 428 g/mol. The third-order valence-corrected chi connectivity index (χ3v) is 6.19. The van der Waals surface area contributed by atoms with Crippen molar-refractivity contribution in [1.82, 2.24) is 30.2 Å². The first kappa shape index (κ1) is 19.3. The fourth-order valence-corrected chi connectivity index (χ4v) is 4.64. The SMILES string of the molecule is CCOC(=O)c1sc2nc(CSc3nnnn3-c3ccccc3)[nH]c(=O)c2c1C.